The van der Waals surface area contributed by atoms with Crippen molar-refractivity contribution in [2.24, 2.45) is 0 Å². The Morgan fingerprint density at radius 2 is 1.31 bits per heavy atom. The number of hydrogen-bond acceptors (Lipinski definition) is 4. The molecule has 3 aliphatic carbocycles. The summed E-state index contributed by atoms with van der Waals surface area (Å²) in [5.41, 5.74) is 23.8. The molecule has 0 saturated carbocycles. The molecule has 1 N–H and O–H groups in total. The molecule has 0 amide bonds. The number of nitrogens with zero attached hydrogens (tertiary/aromatic N) is 3. The summed E-state index contributed by atoms with van der Waals surface area (Å²) >= 11 is 0. The average molecular weight is 833 g/mol. The SMILES string of the molecule is C1=CC(c2ccccc2)=CC=1c1cc(-c2cccc(-c3ccccc3)c2)c2nc(C3=CC=C(C4=c5ccccc5=CCN4)CC3)nc(-c3ccc(-c4nccc5c4CCC=C5)cc3)c2c1. The van der Waals surface area contributed by atoms with Crippen molar-refractivity contribution in [1.82, 2.24) is 20.3 Å². The van der Waals surface area contributed by atoms with Gasteiger partial charge in [0.15, 0.2) is 5.82 Å². The molecule has 1 aliphatic heterocycles. The molecule has 0 radical (unpaired) electrons. The van der Waals surface area contributed by atoms with Crippen LogP contribution >= 0.6 is 0 Å². The normalized spacial score (nSPS) is 15.0. The van der Waals surface area contributed by atoms with E-state index in [4.69, 9.17) is 15.0 Å². The number of fused-ring (bicyclic) bond motifs is 3. The molecule has 0 saturated heterocycles. The first kappa shape index (κ1) is 38.5. The Morgan fingerprint density at radius 1 is 0.569 bits per heavy atom. The second-order valence-electron chi connectivity index (χ2n) is 17.1. The lowest BCUT2D eigenvalue weighted by Crippen LogP contribution is -2.37. The molecule has 308 valence electrons. The van der Waals surface area contributed by atoms with Crippen molar-refractivity contribution in [3.8, 4) is 44.8 Å². The zero-order valence-electron chi connectivity index (χ0n) is 35.9. The molecule has 3 heterocycles. The highest BCUT2D eigenvalue weighted by molar-refractivity contribution is 6.05. The van der Waals surface area contributed by atoms with Crippen LogP contribution in [0.3, 0.4) is 0 Å². The minimum Gasteiger partial charge on any atom is -0.381 e. The van der Waals surface area contributed by atoms with Gasteiger partial charge in [0.2, 0.25) is 0 Å². The van der Waals surface area contributed by atoms with E-state index < -0.39 is 0 Å². The summed E-state index contributed by atoms with van der Waals surface area (Å²) in [5, 5.41) is 7.22. The minimum atomic E-state index is 0.757. The number of hydrogen-bond donors (Lipinski definition) is 1. The van der Waals surface area contributed by atoms with Crippen LogP contribution in [-0.4, -0.2) is 21.5 Å². The minimum absolute atomic E-state index is 0.757. The van der Waals surface area contributed by atoms with Crippen LogP contribution in [0.25, 0.3) is 90.2 Å². The van der Waals surface area contributed by atoms with Crippen LogP contribution in [0, 0.1) is 0 Å². The number of rotatable bonds is 8. The Labute approximate surface area is 379 Å². The average Bonchev–Trinajstić information content (AvgIpc) is 3.89. The zero-order valence-corrected chi connectivity index (χ0v) is 35.9. The van der Waals surface area contributed by atoms with Crippen molar-refractivity contribution in [1.29, 1.82) is 0 Å². The van der Waals surface area contributed by atoms with E-state index in [0.29, 0.717) is 0 Å². The monoisotopic (exact) mass is 832 g/mol. The Hall–Kier alpha value is -8.17. The second kappa shape index (κ2) is 16.5. The maximum Gasteiger partial charge on any atom is 0.156 e. The highest BCUT2D eigenvalue weighted by atomic mass is 14.9. The fraction of sp³-hybridized carbons (Fsp3) is 0.0820. The highest BCUT2D eigenvalue weighted by Gasteiger charge is 2.22. The smallest absolute Gasteiger partial charge is 0.156 e. The summed E-state index contributed by atoms with van der Waals surface area (Å²) in [4.78, 5) is 16.0. The molecule has 0 unspecified atom stereocenters. The predicted octanol–water partition coefficient (Wildman–Crippen LogP) is 12.6. The van der Waals surface area contributed by atoms with E-state index in [-0.39, 0.29) is 0 Å². The fourth-order valence-electron chi connectivity index (χ4n) is 9.81. The van der Waals surface area contributed by atoms with Crippen LogP contribution in [0.5, 0.6) is 0 Å². The van der Waals surface area contributed by atoms with Gasteiger partial charge in [0, 0.05) is 51.3 Å². The van der Waals surface area contributed by atoms with Gasteiger partial charge in [-0.1, -0.05) is 158 Å². The van der Waals surface area contributed by atoms with E-state index in [1.54, 1.807) is 0 Å². The molecule has 6 aromatic carbocycles. The lowest BCUT2D eigenvalue weighted by atomic mass is 9.90. The molecule has 4 heteroatoms. The van der Waals surface area contributed by atoms with E-state index >= 15 is 0 Å². The standard InChI is InChI=1S/C61H44N4/c1-3-12-40(13-4-1)48-18-11-19-51(37-48)55-38-52(50-31-30-49(36-50)41-14-5-2-6-15-41)39-56-59(46-24-22-44(23-25-46)57-53-20-9-7-16-42(53)32-34-62-57)64-61(65-60(55)56)47-28-26-45(27-29-47)58-54-21-10-8-17-43(54)33-35-63-58/h1-8,10-19,21-26,28,30,32-34,36-39,63H,9,20,27,29,35H2. The summed E-state index contributed by atoms with van der Waals surface area (Å²) in [6, 6.07) is 54.3. The fourth-order valence-corrected chi connectivity index (χ4v) is 9.81. The van der Waals surface area contributed by atoms with Gasteiger partial charge < -0.3 is 5.32 Å². The van der Waals surface area contributed by atoms with E-state index in [9.17, 15) is 0 Å². The molecule has 12 rings (SSSR count). The number of pyridine rings is 1. The summed E-state index contributed by atoms with van der Waals surface area (Å²) in [6.45, 7) is 0.822. The third-order valence-corrected chi connectivity index (χ3v) is 13.2. The van der Waals surface area contributed by atoms with Gasteiger partial charge in [-0.2, -0.15) is 0 Å². The van der Waals surface area contributed by atoms with Crippen LogP contribution in [0.4, 0.5) is 0 Å². The van der Waals surface area contributed by atoms with E-state index in [2.05, 4.69) is 205 Å². The third kappa shape index (κ3) is 7.30. The number of benzene rings is 6. The quantitative estimate of drug-likeness (QED) is 0.155. The molecule has 4 nitrogen and oxygen atoms in total. The third-order valence-electron chi connectivity index (χ3n) is 13.2. The van der Waals surface area contributed by atoms with Crippen LogP contribution < -0.4 is 15.8 Å². The number of aromatic nitrogens is 3. The molecular weight excluding hydrogens is 789 g/mol. The molecule has 8 aromatic rings. The first-order valence-corrected chi connectivity index (χ1v) is 22.7. The van der Waals surface area contributed by atoms with Crippen LogP contribution in [0.1, 0.15) is 47.3 Å². The lowest BCUT2D eigenvalue weighted by Gasteiger charge is -2.21. The van der Waals surface area contributed by atoms with Gasteiger partial charge in [-0.15, -0.1) is 5.73 Å². The van der Waals surface area contributed by atoms with Crippen molar-refractivity contribution in [3.63, 3.8) is 0 Å². The van der Waals surface area contributed by atoms with Crippen molar-refractivity contribution < 1.29 is 0 Å². The summed E-state index contributed by atoms with van der Waals surface area (Å²) in [7, 11) is 0. The van der Waals surface area contributed by atoms with Crippen molar-refractivity contribution in [2.75, 3.05) is 6.54 Å². The Balaban J connectivity index is 1.06. The largest absolute Gasteiger partial charge is 0.381 e. The van der Waals surface area contributed by atoms with Gasteiger partial charge in [-0.05, 0) is 123 Å². The first-order chi connectivity index (χ1) is 32.2. The van der Waals surface area contributed by atoms with Crippen LogP contribution in [0.2, 0.25) is 0 Å². The lowest BCUT2D eigenvalue weighted by molar-refractivity contribution is 0.929. The predicted molar refractivity (Wildman–Crippen MR) is 269 cm³/mol. The first-order valence-electron chi connectivity index (χ1n) is 22.7. The number of nitrogens with one attached hydrogen (secondary N) is 1. The van der Waals surface area contributed by atoms with E-state index in [1.165, 1.54) is 44.0 Å². The highest BCUT2D eigenvalue weighted by Crippen LogP contribution is 2.41. The van der Waals surface area contributed by atoms with Gasteiger partial charge in [0.05, 0.1) is 16.9 Å². The molecule has 0 atom stereocenters. The van der Waals surface area contributed by atoms with Crippen molar-refractivity contribution in [3.05, 3.63) is 238 Å². The topological polar surface area (TPSA) is 50.7 Å². The van der Waals surface area contributed by atoms with Gasteiger partial charge in [-0.3, -0.25) is 4.98 Å². The second-order valence-corrected chi connectivity index (χ2v) is 17.1. The molecular formula is C61H44N4. The molecule has 65 heavy (non-hydrogen) atoms. The van der Waals surface area contributed by atoms with Gasteiger partial charge in [-0.25, -0.2) is 9.97 Å². The van der Waals surface area contributed by atoms with Crippen molar-refractivity contribution in [2.45, 2.75) is 25.7 Å². The molecule has 4 aliphatic rings. The molecule has 0 spiro atoms. The Morgan fingerprint density at radius 3 is 2.14 bits per heavy atom. The van der Waals surface area contributed by atoms with Gasteiger partial charge >= 0.3 is 0 Å². The summed E-state index contributed by atoms with van der Waals surface area (Å²) < 4.78 is 0. The summed E-state index contributed by atoms with van der Waals surface area (Å²) in [6.07, 6.45) is 21.3. The Bertz CT molecular complexity index is 3550. The van der Waals surface area contributed by atoms with E-state index in [1.807, 2.05) is 6.20 Å². The molecule has 0 fully saturated rings. The zero-order chi connectivity index (χ0) is 43.1. The van der Waals surface area contributed by atoms with Crippen LogP contribution in [-0.2, 0) is 6.42 Å². The van der Waals surface area contributed by atoms with Crippen LogP contribution in [0.15, 0.2) is 200 Å². The molecule has 2 aromatic heterocycles. The number of allylic oxidation sites excluding steroid dienone is 7. The van der Waals surface area contributed by atoms with Gasteiger partial charge in [0.25, 0.3) is 0 Å². The van der Waals surface area contributed by atoms with Gasteiger partial charge in [0.1, 0.15) is 0 Å². The summed E-state index contributed by atoms with van der Waals surface area (Å²) in [5.74, 6) is 0.757. The maximum atomic E-state index is 5.58. The Kier molecular flexibility index (Phi) is 9.78. The maximum absolute atomic E-state index is 5.58. The van der Waals surface area contributed by atoms with E-state index in [0.717, 1.165) is 110 Å². The van der Waals surface area contributed by atoms with Crippen molar-refractivity contribution >= 4 is 45.5 Å². The molecule has 0 bridgehead atoms.